The predicted molar refractivity (Wildman–Crippen MR) is 92.1 cm³/mol. The number of likely N-dealkylation sites (tertiary alicyclic amines) is 1. The molecule has 1 aliphatic heterocycles. The van der Waals surface area contributed by atoms with Gasteiger partial charge in [-0.2, -0.15) is 0 Å². The Bertz CT molecular complexity index is 576. The second-order valence-corrected chi connectivity index (χ2v) is 5.89. The van der Waals surface area contributed by atoms with Gasteiger partial charge in [0.1, 0.15) is 6.61 Å². The van der Waals surface area contributed by atoms with Gasteiger partial charge in [-0.3, -0.25) is 4.90 Å². The highest BCUT2D eigenvalue weighted by Crippen LogP contribution is 2.27. The zero-order valence-corrected chi connectivity index (χ0v) is 13.7. The van der Waals surface area contributed by atoms with E-state index in [1.807, 2.05) is 30.3 Å². The third-order valence-corrected chi connectivity index (χ3v) is 4.50. The Labute approximate surface area is 140 Å². The largest absolute Gasteiger partial charge is 0.459 e. The molecule has 4 nitrogen and oxygen atoms in total. The molecular weight excluding hydrogens is 318 g/mol. The maximum Gasteiger partial charge on any atom is 0.339 e. The molecule has 0 N–H and O–H groups in total. The van der Waals surface area contributed by atoms with E-state index in [1.54, 1.807) is 10.3 Å². The maximum absolute atomic E-state index is 12.5. The van der Waals surface area contributed by atoms with E-state index in [9.17, 15) is 9.59 Å². The van der Waals surface area contributed by atoms with Gasteiger partial charge in [-0.15, -0.1) is 0 Å². The van der Waals surface area contributed by atoms with Crippen LogP contribution in [-0.4, -0.2) is 46.0 Å². The van der Waals surface area contributed by atoms with Crippen LogP contribution in [0.2, 0.25) is 0 Å². The minimum atomic E-state index is -1.44. The average Bonchev–Trinajstić information content (AvgIpc) is 2.88. The van der Waals surface area contributed by atoms with Gasteiger partial charge in [0.25, 0.3) is 0 Å². The van der Waals surface area contributed by atoms with Gasteiger partial charge in [0, 0.05) is 18.0 Å². The SMILES string of the molecule is O=C[C@]1(C(=O)OCc2ccccc2)C(=S)CCN1CCC=S. The normalized spacial score (nSPS) is 21.5. The van der Waals surface area contributed by atoms with Crippen molar-refractivity contribution in [2.75, 3.05) is 13.1 Å². The Hall–Kier alpha value is -1.50. The van der Waals surface area contributed by atoms with Crippen LogP contribution >= 0.6 is 24.4 Å². The predicted octanol–water partition coefficient (Wildman–Crippen LogP) is 2.13. The Morgan fingerprint density at radius 3 is 2.73 bits per heavy atom. The van der Waals surface area contributed by atoms with Crippen molar-refractivity contribution < 1.29 is 14.3 Å². The summed E-state index contributed by atoms with van der Waals surface area (Å²) in [7, 11) is 0. The zero-order valence-electron chi connectivity index (χ0n) is 12.1. The highest BCUT2D eigenvalue weighted by molar-refractivity contribution is 7.80. The summed E-state index contributed by atoms with van der Waals surface area (Å²) in [5, 5.41) is 1.59. The van der Waals surface area contributed by atoms with E-state index in [1.165, 1.54) is 0 Å². The summed E-state index contributed by atoms with van der Waals surface area (Å²) >= 11 is 10.1. The van der Waals surface area contributed by atoms with Gasteiger partial charge in [0.2, 0.25) is 5.54 Å². The first-order chi connectivity index (χ1) is 10.6. The van der Waals surface area contributed by atoms with Crippen molar-refractivity contribution >= 4 is 46.9 Å². The zero-order chi connectivity index (χ0) is 16.0. The van der Waals surface area contributed by atoms with Crippen molar-refractivity contribution in [3.05, 3.63) is 35.9 Å². The molecule has 1 aromatic rings. The Morgan fingerprint density at radius 1 is 1.36 bits per heavy atom. The molecule has 1 fully saturated rings. The van der Waals surface area contributed by atoms with Crippen molar-refractivity contribution in [2.24, 2.45) is 0 Å². The molecule has 0 radical (unpaired) electrons. The molecule has 1 atom stereocenters. The third kappa shape index (κ3) is 3.29. The van der Waals surface area contributed by atoms with Crippen LogP contribution in [0.1, 0.15) is 18.4 Å². The maximum atomic E-state index is 12.5. The number of hydrogen-bond acceptors (Lipinski definition) is 6. The number of benzene rings is 1. The molecule has 0 saturated carbocycles. The van der Waals surface area contributed by atoms with Gasteiger partial charge >= 0.3 is 5.97 Å². The summed E-state index contributed by atoms with van der Waals surface area (Å²) in [6.07, 6.45) is 1.75. The highest BCUT2D eigenvalue weighted by atomic mass is 32.1. The number of thiocarbonyl (C=S) groups is 2. The van der Waals surface area contributed by atoms with Gasteiger partial charge in [-0.1, -0.05) is 54.8 Å². The van der Waals surface area contributed by atoms with Crippen molar-refractivity contribution in [1.29, 1.82) is 0 Å². The quantitative estimate of drug-likeness (QED) is 0.329. The number of hydrogen-bond donors (Lipinski definition) is 0. The summed E-state index contributed by atoms with van der Waals surface area (Å²) in [5.41, 5.74) is -0.575. The van der Waals surface area contributed by atoms with Crippen LogP contribution in [0, 0.1) is 0 Å². The van der Waals surface area contributed by atoms with Gasteiger partial charge < -0.3 is 9.53 Å². The summed E-state index contributed by atoms with van der Waals surface area (Å²) in [6, 6.07) is 9.34. The summed E-state index contributed by atoms with van der Waals surface area (Å²) < 4.78 is 5.35. The molecule has 0 aliphatic carbocycles. The molecule has 22 heavy (non-hydrogen) atoms. The lowest BCUT2D eigenvalue weighted by Crippen LogP contribution is -2.56. The molecule has 1 saturated heterocycles. The van der Waals surface area contributed by atoms with E-state index >= 15 is 0 Å². The minimum Gasteiger partial charge on any atom is -0.459 e. The van der Waals surface area contributed by atoms with Crippen molar-refractivity contribution in [2.45, 2.75) is 25.0 Å². The summed E-state index contributed by atoms with van der Waals surface area (Å²) in [4.78, 5) is 26.4. The van der Waals surface area contributed by atoms with E-state index in [2.05, 4.69) is 0 Å². The van der Waals surface area contributed by atoms with Crippen LogP contribution in [0.15, 0.2) is 30.3 Å². The molecule has 6 heteroatoms. The Morgan fingerprint density at radius 2 is 2.09 bits per heavy atom. The average molecular weight is 335 g/mol. The molecule has 1 heterocycles. The van der Waals surface area contributed by atoms with Crippen LogP contribution in [-0.2, 0) is 20.9 Å². The lowest BCUT2D eigenvalue weighted by molar-refractivity contribution is -0.155. The minimum absolute atomic E-state index is 0.124. The number of carbonyl (C=O) groups excluding carboxylic acids is 2. The number of aldehydes is 1. The summed E-state index contributed by atoms with van der Waals surface area (Å²) in [5.74, 6) is -0.599. The van der Waals surface area contributed by atoms with Gasteiger partial charge in [0.15, 0.2) is 6.29 Å². The number of esters is 1. The number of rotatable bonds is 7. The third-order valence-electron chi connectivity index (χ3n) is 3.74. The first-order valence-electron chi connectivity index (χ1n) is 7.04. The van der Waals surface area contributed by atoms with E-state index in [0.29, 0.717) is 37.1 Å². The fourth-order valence-corrected chi connectivity index (χ4v) is 3.00. The van der Waals surface area contributed by atoms with Crippen LogP contribution in [0.4, 0.5) is 0 Å². The Balaban J connectivity index is 2.13. The van der Waals surface area contributed by atoms with Gasteiger partial charge in [-0.05, 0) is 23.8 Å². The number of ether oxygens (including phenoxy) is 1. The monoisotopic (exact) mass is 335 g/mol. The molecule has 1 aliphatic rings. The molecule has 0 aromatic heterocycles. The molecule has 0 spiro atoms. The summed E-state index contributed by atoms with van der Waals surface area (Å²) in [6.45, 7) is 1.21. The lowest BCUT2D eigenvalue weighted by atomic mass is 9.97. The molecular formula is C16H17NO3S2. The highest BCUT2D eigenvalue weighted by Gasteiger charge is 2.52. The first-order valence-corrected chi connectivity index (χ1v) is 7.92. The molecule has 2 rings (SSSR count). The molecule has 0 amide bonds. The molecule has 0 unspecified atom stereocenters. The van der Waals surface area contributed by atoms with Crippen molar-refractivity contribution in [3.63, 3.8) is 0 Å². The fraction of sp³-hybridized carbons (Fsp3) is 0.375. The van der Waals surface area contributed by atoms with Gasteiger partial charge in [-0.25, -0.2) is 4.79 Å². The van der Waals surface area contributed by atoms with Crippen LogP contribution < -0.4 is 0 Å². The van der Waals surface area contributed by atoms with E-state index in [4.69, 9.17) is 29.2 Å². The number of carbonyl (C=O) groups is 2. The van der Waals surface area contributed by atoms with Gasteiger partial charge in [0.05, 0.1) is 0 Å². The lowest BCUT2D eigenvalue weighted by Gasteiger charge is -2.31. The van der Waals surface area contributed by atoms with Crippen LogP contribution in [0.25, 0.3) is 0 Å². The van der Waals surface area contributed by atoms with E-state index < -0.39 is 11.5 Å². The first kappa shape index (κ1) is 16.9. The second-order valence-electron chi connectivity index (χ2n) is 5.06. The standard InChI is InChI=1S/C16H17NO3S2/c18-12-16(14(22)7-9-17(16)8-4-10-21)15(19)20-11-13-5-2-1-3-6-13/h1-3,5-6,10,12H,4,7-9,11H2/t16-/m1/s1. The van der Waals surface area contributed by atoms with Crippen LogP contribution in [0.5, 0.6) is 0 Å². The van der Waals surface area contributed by atoms with Crippen LogP contribution in [0.3, 0.4) is 0 Å². The Kier molecular flexibility index (Phi) is 5.88. The smallest absolute Gasteiger partial charge is 0.339 e. The molecule has 0 bridgehead atoms. The van der Waals surface area contributed by atoms with Crippen molar-refractivity contribution in [3.8, 4) is 0 Å². The molecule has 1 aromatic carbocycles. The van der Waals surface area contributed by atoms with E-state index in [-0.39, 0.29) is 6.61 Å². The topological polar surface area (TPSA) is 46.6 Å². The second kappa shape index (κ2) is 7.67. The van der Waals surface area contributed by atoms with E-state index in [0.717, 1.165) is 5.56 Å². The van der Waals surface area contributed by atoms with Crippen molar-refractivity contribution in [1.82, 2.24) is 4.90 Å². The number of nitrogens with zero attached hydrogens (tertiary/aromatic N) is 1. The molecule has 116 valence electrons. The fourth-order valence-electron chi connectivity index (χ4n) is 2.54.